The Morgan fingerprint density at radius 2 is 1.82 bits per heavy atom. The summed E-state index contributed by atoms with van der Waals surface area (Å²) in [7, 11) is 0. The van der Waals surface area contributed by atoms with Crippen LogP contribution in [0.1, 0.15) is 41.5 Å². The largest absolute Gasteiger partial charge is 0.333 e. The lowest BCUT2D eigenvalue weighted by Crippen LogP contribution is -2.47. The maximum atomic E-state index is 13.6. The van der Waals surface area contributed by atoms with E-state index in [4.69, 9.17) is 11.6 Å². The zero-order valence-corrected chi connectivity index (χ0v) is 20.6. The van der Waals surface area contributed by atoms with Crippen LogP contribution in [-0.4, -0.2) is 41.2 Å². The molecule has 0 aliphatic carbocycles. The highest BCUT2D eigenvalue weighted by molar-refractivity contribution is 7.10. The van der Waals surface area contributed by atoms with Crippen molar-refractivity contribution in [2.45, 2.75) is 32.7 Å². The second-order valence-electron chi connectivity index (χ2n) is 8.92. The van der Waals surface area contributed by atoms with Crippen LogP contribution in [0.5, 0.6) is 0 Å². The normalized spacial score (nSPS) is 15.4. The van der Waals surface area contributed by atoms with Gasteiger partial charge in [-0.1, -0.05) is 67.9 Å². The van der Waals surface area contributed by atoms with Crippen molar-refractivity contribution in [1.29, 1.82) is 0 Å². The summed E-state index contributed by atoms with van der Waals surface area (Å²) in [5, 5.41) is 2.77. The van der Waals surface area contributed by atoms with Crippen molar-refractivity contribution in [2.24, 2.45) is 5.92 Å². The second-order valence-corrected chi connectivity index (χ2v) is 10.4. The molecular formula is C27H29ClN2O2S. The highest BCUT2D eigenvalue weighted by atomic mass is 35.5. The molecule has 0 saturated heterocycles. The topological polar surface area (TPSA) is 40.6 Å². The predicted octanol–water partition coefficient (Wildman–Crippen LogP) is 5.60. The standard InChI is InChI=1S/C27H29ClN2O2S/c1-19(2)17-29(25(31)16-20-6-4-3-5-7-20)18-26(32)30-14-12-24-23(13-15-33-24)27(30)21-8-10-22(28)11-9-21/h3-11,13,15,19,27H,12,14,16-18H2,1-2H3. The Morgan fingerprint density at radius 3 is 2.52 bits per heavy atom. The molecule has 1 aliphatic heterocycles. The van der Waals surface area contributed by atoms with Gasteiger partial charge in [0, 0.05) is 23.0 Å². The zero-order valence-electron chi connectivity index (χ0n) is 19.0. The molecule has 4 nitrogen and oxygen atoms in total. The molecule has 1 atom stereocenters. The lowest BCUT2D eigenvalue weighted by Gasteiger charge is -2.38. The average Bonchev–Trinajstić information content (AvgIpc) is 3.28. The summed E-state index contributed by atoms with van der Waals surface area (Å²) in [5.41, 5.74) is 3.18. The van der Waals surface area contributed by atoms with Crippen molar-refractivity contribution in [3.05, 3.63) is 92.6 Å². The zero-order chi connectivity index (χ0) is 23.4. The summed E-state index contributed by atoms with van der Waals surface area (Å²) >= 11 is 7.87. The molecule has 1 unspecified atom stereocenters. The Balaban J connectivity index is 1.57. The summed E-state index contributed by atoms with van der Waals surface area (Å²) in [6.45, 7) is 5.43. The number of rotatable bonds is 7. The number of amides is 2. The van der Waals surface area contributed by atoms with E-state index in [2.05, 4.69) is 25.3 Å². The number of hydrogen-bond donors (Lipinski definition) is 0. The molecule has 33 heavy (non-hydrogen) atoms. The molecule has 0 radical (unpaired) electrons. The van der Waals surface area contributed by atoms with Crippen LogP contribution in [-0.2, 0) is 22.4 Å². The van der Waals surface area contributed by atoms with Gasteiger partial charge in [-0.05, 0) is 52.6 Å². The number of halogens is 1. The molecule has 0 spiro atoms. The number of carbonyl (C=O) groups excluding carboxylic acids is 2. The van der Waals surface area contributed by atoms with Crippen LogP contribution in [0.15, 0.2) is 66.0 Å². The third kappa shape index (κ3) is 5.66. The van der Waals surface area contributed by atoms with Crippen LogP contribution >= 0.6 is 22.9 Å². The molecule has 0 fully saturated rings. The smallest absolute Gasteiger partial charge is 0.242 e. The molecule has 2 heterocycles. The lowest BCUT2D eigenvalue weighted by molar-refractivity contribution is -0.141. The highest BCUT2D eigenvalue weighted by Gasteiger charge is 2.34. The molecule has 172 valence electrons. The molecular weight excluding hydrogens is 452 g/mol. The Morgan fingerprint density at radius 1 is 1.09 bits per heavy atom. The third-order valence-electron chi connectivity index (χ3n) is 5.93. The number of fused-ring (bicyclic) bond motifs is 1. The predicted molar refractivity (Wildman–Crippen MR) is 135 cm³/mol. The van der Waals surface area contributed by atoms with Crippen LogP contribution in [0.25, 0.3) is 0 Å². The first-order valence-corrected chi connectivity index (χ1v) is 12.6. The summed E-state index contributed by atoms with van der Waals surface area (Å²) in [6.07, 6.45) is 1.14. The Kier molecular flexibility index (Phi) is 7.51. The van der Waals surface area contributed by atoms with Crippen LogP contribution in [0.3, 0.4) is 0 Å². The summed E-state index contributed by atoms with van der Waals surface area (Å²) in [5.74, 6) is 0.239. The fraction of sp³-hybridized carbons (Fsp3) is 0.333. The van der Waals surface area contributed by atoms with Gasteiger partial charge in [0.05, 0.1) is 19.0 Å². The molecule has 1 aromatic heterocycles. The van der Waals surface area contributed by atoms with E-state index in [1.165, 1.54) is 10.4 Å². The van der Waals surface area contributed by atoms with Crippen molar-refractivity contribution in [1.82, 2.24) is 9.80 Å². The molecule has 1 aliphatic rings. The van der Waals surface area contributed by atoms with E-state index in [-0.39, 0.29) is 30.3 Å². The summed E-state index contributed by atoms with van der Waals surface area (Å²) in [6, 6.07) is 19.4. The maximum absolute atomic E-state index is 13.6. The minimum absolute atomic E-state index is 0.0143. The van der Waals surface area contributed by atoms with Gasteiger partial charge in [0.15, 0.2) is 0 Å². The number of benzene rings is 2. The van der Waals surface area contributed by atoms with Gasteiger partial charge in [-0.3, -0.25) is 9.59 Å². The first kappa shape index (κ1) is 23.5. The SMILES string of the molecule is CC(C)CN(CC(=O)N1CCc2sccc2C1c1ccc(Cl)cc1)C(=O)Cc1ccccc1. The van der Waals surface area contributed by atoms with E-state index in [0.29, 0.717) is 24.5 Å². The third-order valence-corrected chi connectivity index (χ3v) is 7.18. The number of hydrogen-bond acceptors (Lipinski definition) is 3. The van der Waals surface area contributed by atoms with Crippen molar-refractivity contribution in [3.8, 4) is 0 Å². The highest BCUT2D eigenvalue weighted by Crippen LogP contribution is 2.38. The minimum Gasteiger partial charge on any atom is -0.333 e. The van der Waals surface area contributed by atoms with Gasteiger partial charge in [0.1, 0.15) is 0 Å². The van der Waals surface area contributed by atoms with E-state index in [0.717, 1.165) is 17.5 Å². The Bertz CT molecular complexity index is 1090. The average molecular weight is 481 g/mol. The Labute approximate surface area is 204 Å². The van der Waals surface area contributed by atoms with Crippen molar-refractivity contribution in [2.75, 3.05) is 19.6 Å². The van der Waals surface area contributed by atoms with Gasteiger partial charge in [0.25, 0.3) is 0 Å². The Hall–Kier alpha value is -2.63. The molecule has 0 saturated carbocycles. The molecule has 0 N–H and O–H groups in total. The van der Waals surface area contributed by atoms with E-state index >= 15 is 0 Å². The van der Waals surface area contributed by atoms with Gasteiger partial charge in [0.2, 0.25) is 11.8 Å². The molecule has 6 heteroatoms. The van der Waals surface area contributed by atoms with Crippen LogP contribution in [0, 0.1) is 5.92 Å². The first-order chi connectivity index (χ1) is 15.9. The maximum Gasteiger partial charge on any atom is 0.242 e. The van der Waals surface area contributed by atoms with Crippen LogP contribution in [0.2, 0.25) is 5.02 Å². The monoisotopic (exact) mass is 480 g/mol. The van der Waals surface area contributed by atoms with Gasteiger partial charge >= 0.3 is 0 Å². The first-order valence-electron chi connectivity index (χ1n) is 11.3. The summed E-state index contributed by atoms with van der Waals surface area (Å²) < 4.78 is 0. The van der Waals surface area contributed by atoms with E-state index < -0.39 is 0 Å². The van der Waals surface area contributed by atoms with E-state index in [1.807, 2.05) is 59.5 Å². The fourth-order valence-electron chi connectivity index (χ4n) is 4.42. The van der Waals surface area contributed by atoms with Gasteiger partial charge in [-0.25, -0.2) is 0 Å². The summed E-state index contributed by atoms with van der Waals surface area (Å²) in [4.78, 5) is 31.8. The van der Waals surface area contributed by atoms with Gasteiger partial charge in [-0.15, -0.1) is 11.3 Å². The van der Waals surface area contributed by atoms with Crippen LogP contribution < -0.4 is 0 Å². The van der Waals surface area contributed by atoms with E-state index in [9.17, 15) is 9.59 Å². The number of nitrogens with zero attached hydrogens (tertiary/aromatic N) is 2. The minimum atomic E-state index is -0.158. The molecule has 2 aromatic carbocycles. The van der Waals surface area contributed by atoms with Crippen molar-refractivity contribution in [3.63, 3.8) is 0 Å². The number of thiophene rings is 1. The van der Waals surface area contributed by atoms with Gasteiger partial charge in [-0.2, -0.15) is 0 Å². The van der Waals surface area contributed by atoms with E-state index in [1.54, 1.807) is 16.2 Å². The second kappa shape index (κ2) is 10.5. The van der Waals surface area contributed by atoms with Crippen molar-refractivity contribution >= 4 is 34.8 Å². The molecule has 0 bridgehead atoms. The van der Waals surface area contributed by atoms with Gasteiger partial charge < -0.3 is 9.80 Å². The molecule has 3 aromatic rings. The molecule has 4 rings (SSSR count). The van der Waals surface area contributed by atoms with Crippen molar-refractivity contribution < 1.29 is 9.59 Å². The van der Waals surface area contributed by atoms with Crippen LogP contribution in [0.4, 0.5) is 0 Å². The lowest BCUT2D eigenvalue weighted by atomic mass is 9.93. The number of carbonyl (C=O) groups is 2. The fourth-order valence-corrected chi connectivity index (χ4v) is 5.45. The quantitative estimate of drug-likeness (QED) is 0.441. The molecule has 2 amide bonds.